The zero-order chi connectivity index (χ0) is 26.6. The van der Waals surface area contributed by atoms with Crippen LogP contribution in [0.15, 0.2) is 47.6 Å². The number of piperidine rings is 1. The third-order valence-electron chi connectivity index (χ3n) is 6.39. The molecule has 198 valence electrons. The molecule has 0 radical (unpaired) electrons. The van der Waals surface area contributed by atoms with E-state index in [0.717, 1.165) is 44.4 Å². The van der Waals surface area contributed by atoms with Gasteiger partial charge in [-0.3, -0.25) is 0 Å². The number of sulfone groups is 1. The first kappa shape index (κ1) is 26.8. The smallest absolute Gasteiger partial charge is 0.382 e. The first-order chi connectivity index (χ1) is 17.5. The van der Waals surface area contributed by atoms with E-state index in [0.29, 0.717) is 16.6 Å². The van der Waals surface area contributed by atoms with Gasteiger partial charge in [-0.15, -0.1) is 0 Å². The zero-order valence-electron chi connectivity index (χ0n) is 20.8. The van der Waals surface area contributed by atoms with Crippen molar-refractivity contribution in [3.05, 3.63) is 48.3 Å². The first-order valence-electron chi connectivity index (χ1n) is 12.1. The molecule has 0 spiro atoms. The Balaban J connectivity index is 1.55. The largest absolute Gasteiger partial charge is 0.406 e. The van der Waals surface area contributed by atoms with Crippen LogP contribution in [0.2, 0.25) is 0 Å². The number of aromatic nitrogens is 2. The van der Waals surface area contributed by atoms with Crippen LogP contribution in [0.5, 0.6) is 0 Å². The highest BCUT2D eigenvalue weighted by atomic mass is 32.2. The predicted molar refractivity (Wildman–Crippen MR) is 139 cm³/mol. The summed E-state index contributed by atoms with van der Waals surface area (Å²) in [5.74, 6) is 5.75. The van der Waals surface area contributed by atoms with Crippen LogP contribution in [0.25, 0.3) is 10.9 Å². The minimum atomic E-state index is -4.40. The first-order valence-corrected chi connectivity index (χ1v) is 14.0. The second-order valence-corrected chi connectivity index (χ2v) is 11.1. The number of halogens is 3. The van der Waals surface area contributed by atoms with Crippen LogP contribution in [0.1, 0.15) is 25.5 Å². The molecular weight excluding hydrogens is 503 g/mol. The van der Waals surface area contributed by atoms with Gasteiger partial charge in [0.2, 0.25) is 0 Å². The summed E-state index contributed by atoms with van der Waals surface area (Å²) in [6, 6.07) is 10.3. The number of fused-ring (bicyclic) bond motifs is 1. The molecule has 1 aliphatic rings. The molecule has 1 fully saturated rings. The van der Waals surface area contributed by atoms with Gasteiger partial charge in [0.1, 0.15) is 6.54 Å². The molecule has 0 saturated carbocycles. The van der Waals surface area contributed by atoms with E-state index < -0.39 is 22.6 Å². The Kier molecular flexibility index (Phi) is 7.99. The maximum atomic E-state index is 13.4. The van der Waals surface area contributed by atoms with Gasteiger partial charge in [0.05, 0.1) is 29.6 Å². The van der Waals surface area contributed by atoms with E-state index in [1.807, 2.05) is 6.07 Å². The van der Waals surface area contributed by atoms with Crippen LogP contribution in [-0.4, -0.2) is 67.5 Å². The number of hydrogen-bond acceptors (Lipinski definition) is 6. The van der Waals surface area contributed by atoms with E-state index in [-0.39, 0.29) is 23.3 Å². The highest BCUT2D eigenvalue weighted by molar-refractivity contribution is 7.90. The average molecular weight is 534 g/mol. The van der Waals surface area contributed by atoms with Crippen LogP contribution < -0.4 is 10.6 Å². The Morgan fingerprint density at radius 3 is 2.54 bits per heavy atom. The van der Waals surface area contributed by atoms with Crippen LogP contribution in [0, 0.1) is 11.8 Å². The van der Waals surface area contributed by atoms with Gasteiger partial charge in [0.25, 0.3) is 0 Å². The molecule has 0 aliphatic carbocycles. The molecule has 0 unspecified atom stereocenters. The molecule has 0 amide bonds. The number of rotatable bonds is 7. The third-order valence-corrected chi connectivity index (χ3v) is 7.39. The van der Waals surface area contributed by atoms with Gasteiger partial charge in [-0.1, -0.05) is 18.9 Å². The number of benzene rings is 1. The van der Waals surface area contributed by atoms with Crippen molar-refractivity contribution in [3.8, 4) is 11.8 Å². The molecule has 7 nitrogen and oxygen atoms in total. The Morgan fingerprint density at radius 1 is 1.16 bits per heavy atom. The molecule has 2 N–H and O–H groups in total. The van der Waals surface area contributed by atoms with Crippen molar-refractivity contribution >= 4 is 32.1 Å². The molecule has 3 heterocycles. The minimum Gasteiger partial charge on any atom is -0.382 e. The van der Waals surface area contributed by atoms with Gasteiger partial charge < -0.3 is 20.1 Å². The molecule has 2 aromatic heterocycles. The maximum Gasteiger partial charge on any atom is 0.406 e. The minimum absolute atomic E-state index is 0.0406. The third kappa shape index (κ3) is 6.96. The molecule has 0 atom stereocenters. The van der Waals surface area contributed by atoms with E-state index in [2.05, 4.69) is 39.3 Å². The summed E-state index contributed by atoms with van der Waals surface area (Å²) in [6.45, 7) is 4.16. The Hall–Kier alpha value is -3.23. The second kappa shape index (κ2) is 11.0. The summed E-state index contributed by atoms with van der Waals surface area (Å²) >= 11 is 0. The summed E-state index contributed by atoms with van der Waals surface area (Å²) in [6.07, 6.45) is 0.00725. The standard InChI is InChI=1S/C26H30F3N5O2S/c1-3-33-14-11-19(12-15-33)32-23-7-4-8-24-22(23)16-21(34(24)18-26(27,28)29)6-5-13-30-20-9-10-25(31-17-20)37(2,35)36/h4,7-10,16-17,19,30,32H,3,11-15,18H2,1-2H3. The molecule has 1 aliphatic heterocycles. The quantitative estimate of drug-likeness (QED) is 0.440. The fourth-order valence-electron chi connectivity index (χ4n) is 4.46. The van der Waals surface area contributed by atoms with Gasteiger partial charge >= 0.3 is 6.18 Å². The van der Waals surface area contributed by atoms with Crippen molar-refractivity contribution < 1.29 is 21.6 Å². The zero-order valence-corrected chi connectivity index (χ0v) is 21.6. The lowest BCUT2D eigenvalue weighted by Gasteiger charge is -2.32. The average Bonchev–Trinajstić information content (AvgIpc) is 3.19. The number of likely N-dealkylation sites (tertiary alicyclic amines) is 1. The van der Waals surface area contributed by atoms with Crippen LogP contribution in [0.4, 0.5) is 24.5 Å². The van der Waals surface area contributed by atoms with Crippen molar-refractivity contribution in [3.63, 3.8) is 0 Å². The molecule has 0 bridgehead atoms. The van der Waals surface area contributed by atoms with E-state index in [9.17, 15) is 21.6 Å². The van der Waals surface area contributed by atoms with E-state index in [4.69, 9.17) is 0 Å². The lowest BCUT2D eigenvalue weighted by molar-refractivity contribution is -0.140. The summed E-state index contributed by atoms with van der Waals surface area (Å²) in [4.78, 5) is 6.28. The Bertz CT molecular complexity index is 1400. The van der Waals surface area contributed by atoms with Crippen LogP contribution in [0.3, 0.4) is 0 Å². The maximum absolute atomic E-state index is 13.4. The van der Waals surface area contributed by atoms with Gasteiger partial charge in [-0.05, 0) is 55.6 Å². The lowest BCUT2D eigenvalue weighted by atomic mass is 10.0. The summed E-state index contributed by atoms with van der Waals surface area (Å²) in [5.41, 5.74) is 2.12. The van der Waals surface area contributed by atoms with Gasteiger partial charge in [0, 0.05) is 36.5 Å². The fourth-order valence-corrected chi connectivity index (χ4v) is 5.02. The molecular formula is C26H30F3N5O2S. The molecule has 3 aromatic rings. The van der Waals surface area contributed by atoms with Crippen molar-refractivity contribution in [2.45, 2.75) is 43.6 Å². The van der Waals surface area contributed by atoms with E-state index >= 15 is 0 Å². The predicted octanol–water partition coefficient (Wildman–Crippen LogP) is 4.36. The van der Waals surface area contributed by atoms with Crippen LogP contribution in [-0.2, 0) is 16.4 Å². The van der Waals surface area contributed by atoms with Gasteiger partial charge in [-0.25, -0.2) is 13.4 Å². The van der Waals surface area contributed by atoms with Crippen molar-refractivity contribution in [1.29, 1.82) is 0 Å². The van der Waals surface area contributed by atoms with Crippen molar-refractivity contribution in [1.82, 2.24) is 14.5 Å². The lowest BCUT2D eigenvalue weighted by Crippen LogP contribution is -2.38. The Labute approximate surface area is 215 Å². The molecule has 11 heteroatoms. The molecule has 37 heavy (non-hydrogen) atoms. The molecule has 1 aromatic carbocycles. The van der Waals surface area contributed by atoms with E-state index in [1.54, 1.807) is 24.3 Å². The van der Waals surface area contributed by atoms with Gasteiger partial charge in [0.15, 0.2) is 14.9 Å². The summed E-state index contributed by atoms with van der Waals surface area (Å²) in [7, 11) is -3.40. The highest BCUT2D eigenvalue weighted by Gasteiger charge is 2.30. The second-order valence-electron chi connectivity index (χ2n) is 9.13. The number of alkyl halides is 3. The van der Waals surface area contributed by atoms with Crippen molar-refractivity contribution in [2.75, 3.05) is 43.1 Å². The fraction of sp³-hybridized carbons (Fsp3) is 0.423. The number of anilines is 2. The number of hydrogen-bond donors (Lipinski definition) is 2. The van der Waals surface area contributed by atoms with Gasteiger partial charge in [-0.2, -0.15) is 13.2 Å². The monoisotopic (exact) mass is 533 g/mol. The summed E-state index contributed by atoms with van der Waals surface area (Å²) < 4.78 is 64.6. The van der Waals surface area contributed by atoms with Crippen molar-refractivity contribution in [2.24, 2.45) is 0 Å². The molecule has 1 saturated heterocycles. The highest BCUT2D eigenvalue weighted by Crippen LogP contribution is 2.31. The molecule has 4 rings (SSSR count). The number of nitrogens with one attached hydrogen (secondary N) is 2. The van der Waals surface area contributed by atoms with Crippen LogP contribution >= 0.6 is 0 Å². The summed E-state index contributed by atoms with van der Waals surface area (Å²) in [5, 5.41) is 7.20. The number of pyridine rings is 1. The van der Waals surface area contributed by atoms with E-state index in [1.165, 1.54) is 16.8 Å². The Morgan fingerprint density at radius 2 is 1.92 bits per heavy atom. The SMILES string of the molecule is CCN1CCC(Nc2cccc3c2cc(C#CCNc2ccc(S(C)(=O)=O)nc2)n3CC(F)(F)F)CC1. The number of nitrogens with zero attached hydrogens (tertiary/aromatic N) is 3. The normalized spacial score (nSPS) is 15.4. The topological polar surface area (TPSA) is 79.3 Å².